The number of aromatic nitrogens is 1. The fourth-order valence-electron chi connectivity index (χ4n) is 1.77. The maximum Gasteiger partial charge on any atom is 0.0394 e. The summed E-state index contributed by atoms with van der Waals surface area (Å²) in [5.41, 5.74) is 6.54. The molecule has 3 rings (SSSR count). The second-order valence-corrected chi connectivity index (χ2v) is 3.90. The highest BCUT2D eigenvalue weighted by Crippen LogP contribution is 2.18. The summed E-state index contributed by atoms with van der Waals surface area (Å²) in [5.74, 6) is 0. The Morgan fingerprint density at radius 1 is 1.12 bits per heavy atom. The standard InChI is InChI=1S/C9H8N2.C4H9N/c10-9-3-1-2-7-6-11-5-4-8(7)9;1-2-4-5-3-1/h1-6H,10H2;5H,1-4H2. The molecule has 2 heterocycles. The second-order valence-electron chi connectivity index (χ2n) is 3.90. The van der Waals surface area contributed by atoms with Crippen molar-refractivity contribution in [2.45, 2.75) is 12.8 Å². The zero-order valence-electron chi connectivity index (χ0n) is 9.32. The highest BCUT2D eigenvalue weighted by atomic mass is 14.9. The van der Waals surface area contributed by atoms with Gasteiger partial charge in [-0.25, -0.2) is 0 Å². The Labute approximate surface area is 95.7 Å². The zero-order chi connectivity index (χ0) is 11.2. The van der Waals surface area contributed by atoms with Gasteiger partial charge in [0.1, 0.15) is 0 Å². The number of nitrogens with two attached hydrogens (primary N) is 1. The third-order valence-corrected chi connectivity index (χ3v) is 2.67. The van der Waals surface area contributed by atoms with E-state index >= 15 is 0 Å². The zero-order valence-corrected chi connectivity index (χ0v) is 9.32. The first kappa shape index (κ1) is 10.9. The highest BCUT2D eigenvalue weighted by molar-refractivity contribution is 5.91. The predicted molar refractivity (Wildman–Crippen MR) is 68.3 cm³/mol. The van der Waals surface area contributed by atoms with Gasteiger partial charge in [0.25, 0.3) is 0 Å². The van der Waals surface area contributed by atoms with Crippen LogP contribution in [-0.2, 0) is 0 Å². The lowest BCUT2D eigenvalue weighted by atomic mass is 10.1. The molecule has 0 radical (unpaired) electrons. The Bertz CT molecular complexity index is 437. The summed E-state index contributed by atoms with van der Waals surface area (Å²) in [5, 5.41) is 5.38. The molecule has 3 N–H and O–H groups in total. The quantitative estimate of drug-likeness (QED) is 0.662. The summed E-state index contributed by atoms with van der Waals surface area (Å²) in [6.45, 7) is 2.50. The van der Waals surface area contributed by atoms with Crippen LogP contribution in [-0.4, -0.2) is 18.1 Å². The summed E-state index contributed by atoms with van der Waals surface area (Å²) in [6, 6.07) is 7.74. The molecule has 0 amide bonds. The van der Waals surface area contributed by atoms with Crippen LogP contribution in [0.2, 0.25) is 0 Å². The number of hydrogen-bond donors (Lipinski definition) is 2. The minimum absolute atomic E-state index is 0.810. The lowest BCUT2D eigenvalue weighted by Crippen LogP contribution is -2.03. The number of anilines is 1. The van der Waals surface area contributed by atoms with Gasteiger partial charge in [0.2, 0.25) is 0 Å². The molecule has 3 heteroatoms. The van der Waals surface area contributed by atoms with Crippen molar-refractivity contribution in [2.75, 3.05) is 18.8 Å². The molecule has 84 valence electrons. The molecule has 2 aromatic rings. The molecule has 1 aliphatic heterocycles. The molecule has 1 aromatic carbocycles. The van der Waals surface area contributed by atoms with Crippen LogP contribution >= 0.6 is 0 Å². The Kier molecular flexibility index (Phi) is 3.72. The van der Waals surface area contributed by atoms with E-state index in [1.54, 1.807) is 6.20 Å². The van der Waals surface area contributed by atoms with Crippen molar-refractivity contribution < 1.29 is 0 Å². The highest BCUT2D eigenvalue weighted by Gasteiger charge is 1.94. The van der Waals surface area contributed by atoms with Gasteiger partial charge < -0.3 is 11.1 Å². The minimum atomic E-state index is 0.810. The van der Waals surface area contributed by atoms with Gasteiger partial charge in [0.15, 0.2) is 0 Å². The van der Waals surface area contributed by atoms with Gasteiger partial charge in [0, 0.05) is 28.9 Å². The van der Waals surface area contributed by atoms with E-state index in [9.17, 15) is 0 Å². The maximum atomic E-state index is 5.73. The molecule has 1 saturated heterocycles. The van der Waals surface area contributed by atoms with E-state index in [1.807, 2.05) is 30.5 Å². The number of rotatable bonds is 0. The Morgan fingerprint density at radius 3 is 2.56 bits per heavy atom. The SMILES string of the molecule is C1CCNC1.Nc1cccc2cnccc12. The third-order valence-electron chi connectivity index (χ3n) is 2.67. The van der Waals surface area contributed by atoms with E-state index in [0.29, 0.717) is 0 Å². The van der Waals surface area contributed by atoms with Gasteiger partial charge in [-0.15, -0.1) is 0 Å². The van der Waals surface area contributed by atoms with Crippen molar-refractivity contribution in [1.29, 1.82) is 0 Å². The van der Waals surface area contributed by atoms with Gasteiger partial charge in [-0.2, -0.15) is 0 Å². The normalized spacial score (nSPS) is 14.5. The number of hydrogen-bond acceptors (Lipinski definition) is 3. The van der Waals surface area contributed by atoms with Crippen LogP contribution in [0, 0.1) is 0 Å². The number of benzene rings is 1. The molecular formula is C13H17N3. The average Bonchev–Trinajstić information content (AvgIpc) is 2.88. The Balaban J connectivity index is 0.000000162. The van der Waals surface area contributed by atoms with Crippen molar-refractivity contribution in [2.24, 2.45) is 0 Å². The summed E-state index contributed by atoms with van der Waals surface area (Å²) in [6.07, 6.45) is 6.34. The topological polar surface area (TPSA) is 50.9 Å². The van der Waals surface area contributed by atoms with Crippen molar-refractivity contribution in [3.05, 3.63) is 36.7 Å². The second kappa shape index (κ2) is 5.47. The fourth-order valence-corrected chi connectivity index (χ4v) is 1.77. The third kappa shape index (κ3) is 2.70. The first-order valence-corrected chi connectivity index (χ1v) is 5.67. The fraction of sp³-hybridized carbons (Fsp3) is 0.308. The average molecular weight is 215 g/mol. The molecule has 1 aliphatic rings. The molecule has 0 spiro atoms. The predicted octanol–water partition coefficient (Wildman–Crippen LogP) is 2.19. The molecule has 0 unspecified atom stereocenters. The van der Waals surface area contributed by atoms with Crippen LogP contribution < -0.4 is 11.1 Å². The maximum absolute atomic E-state index is 5.73. The van der Waals surface area contributed by atoms with Gasteiger partial charge in [-0.3, -0.25) is 4.98 Å². The van der Waals surface area contributed by atoms with E-state index < -0.39 is 0 Å². The van der Waals surface area contributed by atoms with E-state index in [1.165, 1.54) is 25.9 Å². The molecule has 1 aromatic heterocycles. The molecule has 0 bridgehead atoms. The molecular weight excluding hydrogens is 198 g/mol. The smallest absolute Gasteiger partial charge is 0.0394 e. The largest absolute Gasteiger partial charge is 0.398 e. The number of pyridine rings is 1. The summed E-state index contributed by atoms with van der Waals surface area (Å²) < 4.78 is 0. The van der Waals surface area contributed by atoms with Crippen molar-refractivity contribution in [1.82, 2.24) is 10.3 Å². The van der Waals surface area contributed by atoms with E-state index in [2.05, 4.69) is 10.3 Å². The molecule has 0 aliphatic carbocycles. The van der Waals surface area contributed by atoms with E-state index in [4.69, 9.17) is 5.73 Å². The van der Waals surface area contributed by atoms with Crippen LogP contribution in [0.5, 0.6) is 0 Å². The van der Waals surface area contributed by atoms with Crippen LogP contribution in [0.25, 0.3) is 10.8 Å². The Hall–Kier alpha value is -1.61. The van der Waals surface area contributed by atoms with Crippen LogP contribution in [0.3, 0.4) is 0 Å². The number of nitrogen functional groups attached to an aromatic ring is 1. The van der Waals surface area contributed by atoms with Crippen molar-refractivity contribution in [3.63, 3.8) is 0 Å². The molecule has 0 atom stereocenters. The van der Waals surface area contributed by atoms with Gasteiger partial charge in [-0.05, 0) is 38.1 Å². The monoisotopic (exact) mass is 215 g/mol. The molecule has 16 heavy (non-hydrogen) atoms. The summed E-state index contributed by atoms with van der Waals surface area (Å²) in [4.78, 5) is 4.00. The lowest BCUT2D eigenvalue weighted by molar-refractivity contribution is 0.857. The van der Waals surface area contributed by atoms with Gasteiger partial charge in [0.05, 0.1) is 0 Å². The van der Waals surface area contributed by atoms with Crippen LogP contribution in [0.15, 0.2) is 36.7 Å². The first-order valence-electron chi connectivity index (χ1n) is 5.67. The van der Waals surface area contributed by atoms with Gasteiger partial charge in [-0.1, -0.05) is 12.1 Å². The molecule has 1 fully saturated rings. The van der Waals surface area contributed by atoms with E-state index in [0.717, 1.165) is 16.5 Å². The summed E-state index contributed by atoms with van der Waals surface area (Å²) in [7, 11) is 0. The number of fused-ring (bicyclic) bond motifs is 1. The first-order chi connectivity index (χ1) is 7.88. The van der Waals surface area contributed by atoms with Crippen molar-refractivity contribution in [3.8, 4) is 0 Å². The lowest BCUT2D eigenvalue weighted by Gasteiger charge is -1.98. The van der Waals surface area contributed by atoms with Crippen LogP contribution in [0.4, 0.5) is 5.69 Å². The molecule has 0 saturated carbocycles. The minimum Gasteiger partial charge on any atom is -0.398 e. The van der Waals surface area contributed by atoms with E-state index in [-0.39, 0.29) is 0 Å². The molecule has 3 nitrogen and oxygen atoms in total. The van der Waals surface area contributed by atoms with Gasteiger partial charge >= 0.3 is 0 Å². The van der Waals surface area contributed by atoms with Crippen LogP contribution in [0.1, 0.15) is 12.8 Å². The summed E-state index contributed by atoms with van der Waals surface area (Å²) >= 11 is 0. The number of nitrogens with one attached hydrogen (secondary N) is 1. The van der Waals surface area contributed by atoms with Crippen molar-refractivity contribution >= 4 is 16.5 Å². The Morgan fingerprint density at radius 2 is 1.94 bits per heavy atom. The number of nitrogens with zero attached hydrogens (tertiary/aromatic N) is 1.